The standard InChI is InChI=1S/C10H10O3S2/c1-6-8-5-7(13-2)3-4-9(8)14-10(6)15(11)12/h3-5H,1-2H3,(H,11,12)/p-1. The van der Waals surface area contributed by atoms with Crippen molar-refractivity contribution in [3.05, 3.63) is 23.8 Å². The molecule has 0 aliphatic carbocycles. The van der Waals surface area contributed by atoms with Crippen LogP contribution in [-0.4, -0.2) is 15.9 Å². The minimum absolute atomic E-state index is 0.401. The van der Waals surface area contributed by atoms with Crippen molar-refractivity contribution < 1.29 is 13.5 Å². The molecule has 1 atom stereocenters. The van der Waals surface area contributed by atoms with Crippen LogP contribution in [0, 0.1) is 6.92 Å². The van der Waals surface area contributed by atoms with Crippen LogP contribution in [0.1, 0.15) is 5.56 Å². The van der Waals surface area contributed by atoms with Crippen molar-refractivity contribution in [2.45, 2.75) is 11.1 Å². The predicted molar refractivity (Wildman–Crippen MR) is 60.3 cm³/mol. The summed E-state index contributed by atoms with van der Waals surface area (Å²) >= 11 is -0.871. The number of ether oxygens (including phenoxy) is 1. The van der Waals surface area contributed by atoms with Gasteiger partial charge in [-0.05, 0) is 41.8 Å². The maximum absolute atomic E-state index is 10.9. The molecular formula is C10H9O3S2-. The van der Waals surface area contributed by atoms with Crippen LogP contribution in [0.4, 0.5) is 0 Å². The van der Waals surface area contributed by atoms with Crippen LogP contribution < -0.4 is 4.74 Å². The maximum atomic E-state index is 10.9. The van der Waals surface area contributed by atoms with Gasteiger partial charge in [0.05, 0.1) is 11.3 Å². The minimum atomic E-state index is -2.15. The normalized spacial score (nSPS) is 13.0. The van der Waals surface area contributed by atoms with Crippen LogP contribution in [0.3, 0.4) is 0 Å². The van der Waals surface area contributed by atoms with Crippen LogP contribution in [0.2, 0.25) is 0 Å². The molecule has 0 spiro atoms. The summed E-state index contributed by atoms with van der Waals surface area (Å²) < 4.78 is 28.3. The van der Waals surface area contributed by atoms with E-state index in [1.807, 2.05) is 25.1 Å². The van der Waals surface area contributed by atoms with Crippen LogP contribution in [0.15, 0.2) is 22.4 Å². The van der Waals surface area contributed by atoms with Gasteiger partial charge in [-0.3, -0.25) is 4.21 Å². The van der Waals surface area contributed by atoms with Crippen LogP contribution >= 0.6 is 11.3 Å². The smallest absolute Gasteiger partial charge is 0.119 e. The average molecular weight is 241 g/mol. The molecule has 5 heteroatoms. The fraction of sp³-hybridized carbons (Fsp3) is 0.200. The molecule has 1 aromatic carbocycles. The Morgan fingerprint density at radius 3 is 2.80 bits per heavy atom. The van der Waals surface area contributed by atoms with E-state index in [9.17, 15) is 8.76 Å². The molecular weight excluding hydrogens is 232 g/mol. The lowest BCUT2D eigenvalue weighted by Crippen LogP contribution is -1.86. The number of hydrogen-bond donors (Lipinski definition) is 0. The molecule has 3 nitrogen and oxygen atoms in total. The van der Waals surface area contributed by atoms with E-state index in [2.05, 4.69) is 0 Å². The molecule has 0 saturated heterocycles. The van der Waals surface area contributed by atoms with E-state index >= 15 is 0 Å². The summed E-state index contributed by atoms with van der Waals surface area (Å²) in [4.78, 5) is 0. The number of fused-ring (bicyclic) bond motifs is 1. The Morgan fingerprint density at radius 1 is 1.47 bits per heavy atom. The van der Waals surface area contributed by atoms with E-state index in [1.165, 1.54) is 11.3 Å². The van der Waals surface area contributed by atoms with Gasteiger partial charge in [0.15, 0.2) is 0 Å². The second kappa shape index (κ2) is 3.92. The Balaban J connectivity index is 2.72. The third kappa shape index (κ3) is 1.78. The zero-order valence-corrected chi connectivity index (χ0v) is 9.91. The highest BCUT2D eigenvalue weighted by atomic mass is 32.2. The number of hydrogen-bond acceptors (Lipinski definition) is 4. The summed E-state index contributed by atoms with van der Waals surface area (Å²) in [5, 5.41) is 0.943. The molecule has 80 valence electrons. The number of benzene rings is 1. The monoisotopic (exact) mass is 241 g/mol. The van der Waals surface area contributed by atoms with Crippen molar-refractivity contribution in [3.8, 4) is 5.75 Å². The van der Waals surface area contributed by atoms with Gasteiger partial charge in [0, 0.05) is 10.1 Å². The summed E-state index contributed by atoms with van der Waals surface area (Å²) in [5.41, 5.74) is 0.794. The molecule has 1 unspecified atom stereocenters. The Morgan fingerprint density at radius 2 is 2.20 bits per heavy atom. The molecule has 1 heterocycles. The molecule has 0 N–H and O–H groups in total. The lowest BCUT2D eigenvalue weighted by atomic mass is 10.2. The molecule has 0 saturated carbocycles. The summed E-state index contributed by atoms with van der Waals surface area (Å²) in [6, 6.07) is 5.56. The first-order valence-electron chi connectivity index (χ1n) is 4.30. The summed E-state index contributed by atoms with van der Waals surface area (Å²) in [7, 11) is 1.59. The van der Waals surface area contributed by atoms with E-state index in [0.29, 0.717) is 4.21 Å². The number of methoxy groups -OCH3 is 1. The zero-order chi connectivity index (χ0) is 11.0. The van der Waals surface area contributed by atoms with Gasteiger partial charge in [-0.2, -0.15) is 0 Å². The van der Waals surface area contributed by atoms with Gasteiger partial charge < -0.3 is 9.29 Å². The van der Waals surface area contributed by atoms with Crippen molar-refractivity contribution in [1.29, 1.82) is 0 Å². The number of thiophene rings is 1. The molecule has 0 amide bonds. The van der Waals surface area contributed by atoms with E-state index in [1.54, 1.807) is 7.11 Å². The fourth-order valence-electron chi connectivity index (χ4n) is 1.46. The van der Waals surface area contributed by atoms with Crippen LogP contribution in [0.5, 0.6) is 5.75 Å². The second-order valence-electron chi connectivity index (χ2n) is 3.11. The number of aryl methyl sites for hydroxylation is 1. The lowest BCUT2D eigenvalue weighted by Gasteiger charge is -2.02. The third-order valence-electron chi connectivity index (χ3n) is 2.25. The summed E-state index contributed by atoms with van der Waals surface area (Å²) in [6.45, 7) is 1.81. The number of rotatable bonds is 2. The first-order chi connectivity index (χ1) is 7.13. The van der Waals surface area contributed by atoms with Crippen LogP contribution in [0.25, 0.3) is 10.1 Å². The van der Waals surface area contributed by atoms with Gasteiger partial charge in [0.1, 0.15) is 5.75 Å². The van der Waals surface area contributed by atoms with Gasteiger partial charge in [0.2, 0.25) is 0 Å². The lowest BCUT2D eigenvalue weighted by molar-refractivity contribution is 0.415. The van der Waals surface area contributed by atoms with E-state index in [-0.39, 0.29) is 0 Å². The Labute approximate surface area is 94.0 Å². The molecule has 15 heavy (non-hydrogen) atoms. The van der Waals surface area contributed by atoms with Gasteiger partial charge in [-0.25, -0.2) is 0 Å². The topological polar surface area (TPSA) is 49.4 Å². The van der Waals surface area contributed by atoms with Crippen molar-refractivity contribution >= 4 is 32.5 Å². The van der Waals surface area contributed by atoms with Gasteiger partial charge >= 0.3 is 0 Å². The molecule has 0 bridgehead atoms. The Kier molecular flexibility index (Phi) is 2.77. The highest BCUT2D eigenvalue weighted by molar-refractivity contribution is 7.82. The van der Waals surface area contributed by atoms with Crippen LogP contribution in [-0.2, 0) is 11.1 Å². The summed E-state index contributed by atoms with van der Waals surface area (Å²) in [6.07, 6.45) is 0. The van der Waals surface area contributed by atoms with Crippen molar-refractivity contribution in [3.63, 3.8) is 0 Å². The Bertz CT molecular complexity index is 531. The fourth-order valence-corrected chi connectivity index (χ4v) is 3.29. The quantitative estimate of drug-likeness (QED) is 0.759. The van der Waals surface area contributed by atoms with Gasteiger partial charge in [-0.15, -0.1) is 11.3 Å². The van der Waals surface area contributed by atoms with E-state index in [0.717, 1.165) is 21.4 Å². The second-order valence-corrected chi connectivity index (χ2v) is 5.30. The Hall–Kier alpha value is -0.910. The van der Waals surface area contributed by atoms with Gasteiger partial charge in [0.25, 0.3) is 0 Å². The first-order valence-corrected chi connectivity index (χ1v) is 6.19. The zero-order valence-electron chi connectivity index (χ0n) is 8.27. The molecule has 0 radical (unpaired) electrons. The third-order valence-corrected chi connectivity index (χ3v) is 4.59. The highest BCUT2D eigenvalue weighted by Crippen LogP contribution is 2.34. The van der Waals surface area contributed by atoms with Crippen molar-refractivity contribution in [1.82, 2.24) is 0 Å². The maximum Gasteiger partial charge on any atom is 0.119 e. The highest BCUT2D eigenvalue weighted by Gasteiger charge is 2.09. The first kappa shape index (κ1) is 10.6. The largest absolute Gasteiger partial charge is 0.768 e. The minimum Gasteiger partial charge on any atom is -0.768 e. The summed E-state index contributed by atoms with van der Waals surface area (Å²) in [5.74, 6) is 0.742. The van der Waals surface area contributed by atoms with E-state index in [4.69, 9.17) is 4.74 Å². The molecule has 0 aliphatic heterocycles. The van der Waals surface area contributed by atoms with Crippen molar-refractivity contribution in [2.24, 2.45) is 0 Å². The molecule has 2 rings (SSSR count). The van der Waals surface area contributed by atoms with Crippen molar-refractivity contribution in [2.75, 3.05) is 7.11 Å². The molecule has 0 fully saturated rings. The SMILES string of the molecule is COc1ccc2sc(S(=O)[O-])c(C)c2c1. The van der Waals surface area contributed by atoms with E-state index < -0.39 is 11.1 Å². The molecule has 0 aliphatic rings. The van der Waals surface area contributed by atoms with Gasteiger partial charge in [-0.1, -0.05) is 0 Å². The average Bonchev–Trinajstić information content (AvgIpc) is 2.56. The molecule has 1 aromatic heterocycles. The molecule has 2 aromatic rings. The predicted octanol–water partition coefficient (Wildman–Crippen LogP) is 2.46.